The summed E-state index contributed by atoms with van der Waals surface area (Å²) >= 11 is 0.956. The smallest absolute Gasteiger partial charge is 0.339 e. The second kappa shape index (κ2) is 4.92. The molecular weight excluding hydrogens is 266 g/mol. The first-order chi connectivity index (χ1) is 9.13. The number of nitrogens with zero attached hydrogens (tertiary/aromatic N) is 1. The fourth-order valence-corrected chi connectivity index (χ4v) is 4.07. The van der Waals surface area contributed by atoms with Crippen molar-refractivity contribution in [3.05, 3.63) is 27.1 Å². The Kier molecular flexibility index (Phi) is 3.26. The highest BCUT2D eigenvalue weighted by atomic mass is 32.1. The van der Waals surface area contributed by atoms with E-state index in [2.05, 4.69) is 0 Å². The van der Waals surface area contributed by atoms with Crippen molar-refractivity contribution in [3.63, 3.8) is 0 Å². The summed E-state index contributed by atoms with van der Waals surface area (Å²) in [6.45, 7) is 0.462. The standard InChI is InChI=1S/C13H15NO4S/c15-13(11-5-12(14(16)17)19-7-11)18-6-10-4-8-1-2-9(10)3-8/h5,7-10H,1-4,6H2/t8-,9-,10+/m0/s1. The molecule has 1 aromatic heterocycles. The molecule has 0 unspecified atom stereocenters. The van der Waals surface area contributed by atoms with Crippen molar-refractivity contribution >= 4 is 22.3 Å². The number of hydrogen-bond donors (Lipinski definition) is 0. The lowest BCUT2D eigenvalue weighted by Gasteiger charge is -2.20. The predicted octanol–water partition coefficient (Wildman–Crippen LogP) is 3.25. The van der Waals surface area contributed by atoms with E-state index in [0.29, 0.717) is 18.1 Å². The van der Waals surface area contributed by atoms with Crippen LogP contribution in [0.3, 0.4) is 0 Å². The maximum Gasteiger partial charge on any atom is 0.339 e. The maximum atomic E-state index is 11.8. The van der Waals surface area contributed by atoms with E-state index in [1.165, 1.54) is 37.1 Å². The molecule has 2 aliphatic carbocycles. The quantitative estimate of drug-likeness (QED) is 0.482. The molecule has 0 aliphatic heterocycles. The Morgan fingerprint density at radius 2 is 2.32 bits per heavy atom. The first kappa shape index (κ1) is 12.6. The van der Waals surface area contributed by atoms with Crippen molar-refractivity contribution in [1.82, 2.24) is 0 Å². The van der Waals surface area contributed by atoms with Crippen LogP contribution in [0.2, 0.25) is 0 Å². The highest BCUT2D eigenvalue weighted by Gasteiger charge is 2.39. The Bertz CT molecular complexity index is 512. The normalized spacial score (nSPS) is 28.5. The number of thiophene rings is 1. The van der Waals surface area contributed by atoms with Crippen LogP contribution < -0.4 is 0 Å². The summed E-state index contributed by atoms with van der Waals surface area (Å²) in [7, 11) is 0. The van der Waals surface area contributed by atoms with Crippen molar-refractivity contribution in [3.8, 4) is 0 Å². The van der Waals surface area contributed by atoms with Gasteiger partial charge in [0.05, 0.1) is 17.1 Å². The summed E-state index contributed by atoms with van der Waals surface area (Å²) in [5.74, 6) is 1.61. The summed E-state index contributed by atoms with van der Waals surface area (Å²) in [6.07, 6.45) is 5.04. The lowest BCUT2D eigenvalue weighted by Crippen LogP contribution is -2.19. The average molecular weight is 281 g/mol. The second-order valence-electron chi connectivity index (χ2n) is 5.46. The molecular formula is C13H15NO4S. The molecule has 0 N–H and O–H groups in total. The average Bonchev–Trinajstić information content (AvgIpc) is 3.10. The van der Waals surface area contributed by atoms with Gasteiger partial charge < -0.3 is 4.74 Å². The van der Waals surface area contributed by atoms with Gasteiger partial charge in [0.15, 0.2) is 0 Å². The zero-order chi connectivity index (χ0) is 13.4. The van der Waals surface area contributed by atoms with E-state index < -0.39 is 10.9 Å². The van der Waals surface area contributed by atoms with Crippen LogP contribution in [0.1, 0.15) is 36.0 Å². The number of carbonyl (C=O) groups is 1. The molecule has 0 amide bonds. The van der Waals surface area contributed by atoms with Gasteiger partial charge in [-0.1, -0.05) is 17.8 Å². The molecule has 0 radical (unpaired) electrons. The topological polar surface area (TPSA) is 69.4 Å². The van der Waals surface area contributed by atoms with E-state index >= 15 is 0 Å². The van der Waals surface area contributed by atoms with Gasteiger partial charge in [-0.05, 0) is 37.0 Å². The highest BCUT2D eigenvalue weighted by molar-refractivity contribution is 7.13. The predicted molar refractivity (Wildman–Crippen MR) is 70.2 cm³/mol. The van der Waals surface area contributed by atoms with Crippen LogP contribution in [0.25, 0.3) is 0 Å². The van der Waals surface area contributed by atoms with Crippen LogP contribution in [0.4, 0.5) is 5.00 Å². The number of hydrogen-bond acceptors (Lipinski definition) is 5. The van der Waals surface area contributed by atoms with Gasteiger partial charge in [0, 0.05) is 11.4 Å². The van der Waals surface area contributed by atoms with Gasteiger partial charge in [-0.25, -0.2) is 4.79 Å². The molecule has 0 saturated heterocycles. The Hall–Kier alpha value is -1.43. The van der Waals surface area contributed by atoms with Crippen molar-refractivity contribution in [2.75, 3.05) is 6.61 Å². The molecule has 5 nitrogen and oxygen atoms in total. The molecule has 1 heterocycles. The van der Waals surface area contributed by atoms with Gasteiger partial charge in [-0.3, -0.25) is 10.1 Å². The molecule has 2 aliphatic rings. The molecule has 0 spiro atoms. The molecule has 19 heavy (non-hydrogen) atoms. The monoisotopic (exact) mass is 281 g/mol. The summed E-state index contributed by atoms with van der Waals surface area (Å²) < 4.78 is 5.30. The van der Waals surface area contributed by atoms with E-state index in [-0.39, 0.29) is 5.00 Å². The molecule has 1 aromatic rings. The number of ether oxygens (including phenoxy) is 1. The summed E-state index contributed by atoms with van der Waals surface area (Å²) in [4.78, 5) is 21.9. The third-order valence-electron chi connectivity index (χ3n) is 4.31. The number of carbonyl (C=O) groups excluding carboxylic acids is 1. The number of rotatable bonds is 4. The van der Waals surface area contributed by atoms with E-state index in [4.69, 9.17) is 4.74 Å². The van der Waals surface area contributed by atoms with Crippen LogP contribution in [0.5, 0.6) is 0 Å². The molecule has 2 fully saturated rings. The Morgan fingerprint density at radius 3 is 2.89 bits per heavy atom. The van der Waals surface area contributed by atoms with Gasteiger partial charge in [0.1, 0.15) is 0 Å². The van der Waals surface area contributed by atoms with E-state index in [9.17, 15) is 14.9 Å². The lowest BCUT2D eigenvalue weighted by molar-refractivity contribution is -0.380. The Morgan fingerprint density at radius 1 is 1.47 bits per heavy atom. The zero-order valence-corrected chi connectivity index (χ0v) is 11.2. The molecule has 102 valence electrons. The lowest BCUT2D eigenvalue weighted by atomic mass is 9.89. The molecule has 2 bridgehead atoms. The van der Waals surface area contributed by atoms with Crippen molar-refractivity contribution in [2.45, 2.75) is 25.7 Å². The van der Waals surface area contributed by atoms with Gasteiger partial charge in [-0.15, -0.1) is 0 Å². The fourth-order valence-electron chi connectivity index (χ4n) is 3.37. The zero-order valence-electron chi connectivity index (χ0n) is 10.4. The van der Waals surface area contributed by atoms with Gasteiger partial charge in [-0.2, -0.15) is 0 Å². The minimum Gasteiger partial charge on any atom is -0.462 e. The molecule has 2 saturated carbocycles. The molecule has 6 heteroatoms. The van der Waals surface area contributed by atoms with Crippen molar-refractivity contribution in [2.24, 2.45) is 17.8 Å². The van der Waals surface area contributed by atoms with E-state index in [0.717, 1.165) is 23.2 Å². The second-order valence-corrected chi connectivity index (χ2v) is 6.35. The minimum absolute atomic E-state index is 0.0214. The minimum atomic E-state index is -0.489. The van der Waals surface area contributed by atoms with Crippen molar-refractivity contribution in [1.29, 1.82) is 0 Å². The van der Waals surface area contributed by atoms with Crippen LogP contribution in [-0.2, 0) is 4.74 Å². The van der Waals surface area contributed by atoms with Crippen LogP contribution >= 0.6 is 11.3 Å². The Balaban J connectivity index is 1.54. The first-order valence-electron chi connectivity index (χ1n) is 6.53. The largest absolute Gasteiger partial charge is 0.462 e. The number of nitro groups is 1. The van der Waals surface area contributed by atoms with E-state index in [1.807, 2.05) is 0 Å². The van der Waals surface area contributed by atoms with Crippen LogP contribution in [0.15, 0.2) is 11.4 Å². The number of esters is 1. The SMILES string of the molecule is O=C(OC[C@H]1C[C@H]2CC[C@H]1C2)c1csc([N+](=O)[O-])c1. The van der Waals surface area contributed by atoms with E-state index in [1.54, 1.807) is 0 Å². The van der Waals surface area contributed by atoms with Gasteiger partial charge in [0.2, 0.25) is 0 Å². The van der Waals surface area contributed by atoms with Crippen molar-refractivity contribution < 1.29 is 14.5 Å². The summed E-state index contributed by atoms with van der Waals surface area (Å²) in [5.41, 5.74) is 0.292. The fraction of sp³-hybridized carbons (Fsp3) is 0.615. The number of fused-ring (bicyclic) bond motifs is 2. The molecule has 0 aromatic carbocycles. The Labute approximate surface area is 114 Å². The third-order valence-corrected chi connectivity index (χ3v) is 5.19. The summed E-state index contributed by atoms with van der Waals surface area (Å²) in [5, 5.41) is 12.0. The summed E-state index contributed by atoms with van der Waals surface area (Å²) in [6, 6.07) is 1.29. The maximum absolute atomic E-state index is 11.8. The van der Waals surface area contributed by atoms with Gasteiger partial charge in [0.25, 0.3) is 0 Å². The molecule has 3 atom stereocenters. The first-order valence-corrected chi connectivity index (χ1v) is 7.41. The highest BCUT2D eigenvalue weighted by Crippen LogP contribution is 2.48. The molecule has 3 rings (SSSR count). The third kappa shape index (κ3) is 2.49. The van der Waals surface area contributed by atoms with Crippen LogP contribution in [0, 0.1) is 27.9 Å². The van der Waals surface area contributed by atoms with Gasteiger partial charge >= 0.3 is 11.0 Å². The van der Waals surface area contributed by atoms with Crippen LogP contribution in [-0.4, -0.2) is 17.5 Å².